The van der Waals surface area contributed by atoms with Crippen LogP contribution in [-0.4, -0.2) is 36.4 Å². The van der Waals surface area contributed by atoms with Crippen LogP contribution in [0, 0.1) is 5.92 Å². The highest BCUT2D eigenvalue weighted by molar-refractivity contribution is 9.10. The molecule has 26 heavy (non-hydrogen) atoms. The molecule has 1 aliphatic rings. The Morgan fingerprint density at radius 2 is 2.12 bits per heavy atom. The lowest BCUT2D eigenvalue weighted by molar-refractivity contribution is -0.126. The van der Waals surface area contributed by atoms with Crippen molar-refractivity contribution in [3.05, 3.63) is 46.7 Å². The monoisotopic (exact) mass is 420 g/mol. The normalized spacial score (nSPS) is 16.5. The van der Waals surface area contributed by atoms with Crippen LogP contribution < -0.4 is 20.5 Å². The molecule has 1 unspecified atom stereocenters. The summed E-state index contributed by atoms with van der Waals surface area (Å²) in [5.41, 5.74) is 5.68. The molecule has 2 heterocycles. The summed E-state index contributed by atoms with van der Waals surface area (Å²) in [5, 5.41) is 0. The predicted octanol–water partition coefficient (Wildman–Crippen LogP) is 1.60. The summed E-state index contributed by atoms with van der Waals surface area (Å²) >= 11 is 3.23. The number of amides is 3. The van der Waals surface area contributed by atoms with Crippen molar-refractivity contribution >= 4 is 39.3 Å². The molecule has 3 rings (SSSR count). The van der Waals surface area contributed by atoms with E-state index in [1.807, 2.05) is 0 Å². The van der Waals surface area contributed by atoms with Crippen LogP contribution in [0.4, 0.5) is 5.69 Å². The molecule has 0 aliphatic carbocycles. The summed E-state index contributed by atoms with van der Waals surface area (Å²) in [4.78, 5) is 40.8. The van der Waals surface area contributed by atoms with Crippen molar-refractivity contribution in [1.82, 2.24) is 15.8 Å². The Balaban J connectivity index is 1.59. The van der Waals surface area contributed by atoms with Gasteiger partial charge in [-0.3, -0.25) is 25.2 Å². The maximum atomic E-state index is 12.3. The number of ether oxygens (including phenoxy) is 1. The van der Waals surface area contributed by atoms with Crippen molar-refractivity contribution in [1.29, 1.82) is 0 Å². The number of anilines is 1. The third-order valence-electron chi connectivity index (χ3n) is 4.05. The lowest BCUT2D eigenvalue weighted by Crippen LogP contribution is -2.45. The van der Waals surface area contributed by atoms with Crippen LogP contribution in [-0.2, 0) is 9.59 Å². The second-order valence-electron chi connectivity index (χ2n) is 5.78. The van der Waals surface area contributed by atoms with Crippen LogP contribution in [0.25, 0.3) is 0 Å². The molecule has 9 heteroatoms. The molecule has 0 spiro atoms. The highest BCUT2D eigenvalue weighted by Crippen LogP contribution is 2.27. The maximum absolute atomic E-state index is 12.3. The number of hydrazine groups is 1. The fourth-order valence-corrected chi connectivity index (χ4v) is 3.04. The van der Waals surface area contributed by atoms with Crippen LogP contribution in [0.15, 0.2) is 41.0 Å². The van der Waals surface area contributed by atoms with E-state index in [2.05, 4.69) is 31.8 Å². The zero-order chi connectivity index (χ0) is 18.7. The molecule has 0 bridgehead atoms. The molecule has 0 saturated carbocycles. The quantitative estimate of drug-likeness (QED) is 0.653. The predicted molar refractivity (Wildman–Crippen MR) is 97.6 cm³/mol. The number of hydrogen-bond donors (Lipinski definition) is 3. The van der Waals surface area contributed by atoms with Gasteiger partial charge in [-0.25, -0.2) is 0 Å². The number of aromatic nitrogens is 1. The third kappa shape index (κ3) is 3.88. The first-order chi connectivity index (χ1) is 12.5. The molecule has 1 atom stereocenters. The van der Waals surface area contributed by atoms with Gasteiger partial charge in [0.1, 0.15) is 11.4 Å². The van der Waals surface area contributed by atoms with E-state index in [1.54, 1.807) is 43.6 Å². The molecule has 0 radical (unpaired) electrons. The number of benzene rings is 1. The zero-order valence-corrected chi connectivity index (χ0v) is 15.5. The van der Waals surface area contributed by atoms with Gasteiger partial charge in [0.2, 0.25) is 11.8 Å². The number of methoxy groups -OCH3 is 1. The standard InChI is InChI=1S/C17H17BrN4O4/c1-26-13-4-2-3-12(7-13)22-9-10(5-15(22)23)16(24)20-21-17(25)14-6-11(18)8-19-14/h2-4,6-8,10,19H,5,9H2,1H3,(H,20,24)(H,21,25). The van der Waals surface area contributed by atoms with Crippen molar-refractivity contribution in [3.8, 4) is 5.75 Å². The van der Waals surface area contributed by atoms with Crippen molar-refractivity contribution in [2.45, 2.75) is 6.42 Å². The molecule has 2 aromatic rings. The molecule has 3 amide bonds. The van der Waals surface area contributed by atoms with Crippen LogP contribution in [0.2, 0.25) is 0 Å². The minimum Gasteiger partial charge on any atom is -0.497 e. The second kappa shape index (κ2) is 7.61. The molecule has 1 fully saturated rings. The highest BCUT2D eigenvalue weighted by atomic mass is 79.9. The van der Waals surface area contributed by atoms with Gasteiger partial charge in [0.05, 0.1) is 13.0 Å². The number of halogens is 1. The van der Waals surface area contributed by atoms with Crippen molar-refractivity contribution in [2.75, 3.05) is 18.6 Å². The van der Waals surface area contributed by atoms with Gasteiger partial charge in [-0.05, 0) is 34.1 Å². The lowest BCUT2D eigenvalue weighted by Gasteiger charge is -2.17. The molecule has 8 nitrogen and oxygen atoms in total. The molecule has 3 N–H and O–H groups in total. The van der Waals surface area contributed by atoms with E-state index in [0.29, 0.717) is 17.1 Å². The van der Waals surface area contributed by atoms with E-state index >= 15 is 0 Å². The third-order valence-corrected chi connectivity index (χ3v) is 4.51. The highest BCUT2D eigenvalue weighted by Gasteiger charge is 2.35. The Bertz CT molecular complexity index is 851. The summed E-state index contributed by atoms with van der Waals surface area (Å²) in [7, 11) is 1.55. The van der Waals surface area contributed by atoms with Crippen molar-refractivity contribution in [3.63, 3.8) is 0 Å². The summed E-state index contributed by atoms with van der Waals surface area (Å²) in [5.74, 6) is -0.962. The molecule has 1 aliphatic heterocycles. The number of carbonyl (C=O) groups is 3. The number of nitrogens with zero attached hydrogens (tertiary/aromatic N) is 1. The van der Waals surface area contributed by atoms with Gasteiger partial charge in [-0.2, -0.15) is 0 Å². The average molecular weight is 421 g/mol. The number of rotatable bonds is 4. The topological polar surface area (TPSA) is 104 Å². The summed E-state index contributed by atoms with van der Waals surface area (Å²) in [6.45, 7) is 0.238. The van der Waals surface area contributed by atoms with Gasteiger partial charge in [0.25, 0.3) is 5.91 Å². The molecule has 1 aromatic heterocycles. The largest absolute Gasteiger partial charge is 0.497 e. The first-order valence-corrected chi connectivity index (χ1v) is 8.65. The van der Waals surface area contributed by atoms with Crippen molar-refractivity contribution < 1.29 is 19.1 Å². The van der Waals surface area contributed by atoms with Crippen LogP contribution >= 0.6 is 15.9 Å². The van der Waals surface area contributed by atoms with E-state index in [9.17, 15) is 14.4 Å². The van der Waals surface area contributed by atoms with Crippen LogP contribution in [0.5, 0.6) is 5.75 Å². The van der Waals surface area contributed by atoms with Gasteiger partial charge in [0.15, 0.2) is 0 Å². The maximum Gasteiger partial charge on any atom is 0.286 e. The molecule has 1 saturated heterocycles. The fourth-order valence-electron chi connectivity index (χ4n) is 2.70. The number of aromatic amines is 1. The van der Waals surface area contributed by atoms with E-state index in [4.69, 9.17) is 4.74 Å². The summed E-state index contributed by atoms with van der Waals surface area (Å²) in [6.07, 6.45) is 1.69. The van der Waals surface area contributed by atoms with E-state index < -0.39 is 17.7 Å². The molecular weight excluding hydrogens is 404 g/mol. The van der Waals surface area contributed by atoms with Gasteiger partial charge < -0.3 is 14.6 Å². The Hall–Kier alpha value is -2.81. The van der Waals surface area contributed by atoms with Gasteiger partial charge in [0, 0.05) is 35.4 Å². The number of H-pyrrole nitrogens is 1. The summed E-state index contributed by atoms with van der Waals surface area (Å²) in [6, 6.07) is 8.67. The minimum atomic E-state index is -0.552. The van der Waals surface area contributed by atoms with Crippen LogP contribution in [0.3, 0.4) is 0 Å². The Labute approximate surface area is 158 Å². The van der Waals surface area contributed by atoms with E-state index in [1.165, 1.54) is 4.90 Å². The first-order valence-electron chi connectivity index (χ1n) is 7.86. The number of carbonyl (C=O) groups excluding carboxylic acids is 3. The SMILES string of the molecule is COc1cccc(N2CC(C(=O)NNC(=O)c3cc(Br)c[nH]3)CC2=O)c1. The zero-order valence-electron chi connectivity index (χ0n) is 13.9. The van der Waals surface area contributed by atoms with Gasteiger partial charge in [-0.1, -0.05) is 6.07 Å². The van der Waals surface area contributed by atoms with Crippen LogP contribution in [0.1, 0.15) is 16.9 Å². The molecule has 136 valence electrons. The Kier molecular flexibility index (Phi) is 5.27. The second-order valence-corrected chi connectivity index (χ2v) is 6.70. The van der Waals surface area contributed by atoms with E-state index in [-0.39, 0.29) is 18.9 Å². The number of hydrogen-bond acceptors (Lipinski definition) is 4. The van der Waals surface area contributed by atoms with Crippen molar-refractivity contribution in [2.24, 2.45) is 5.92 Å². The molecular formula is C17H17BrN4O4. The fraction of sp³-hybridized carbons (Fsp3) is 0.235. The Morgan fingerprint density at radius 1 is 1.31 bits per heavy atom. The Morgan fingerprint density at radius 3 is 2.81 bits per heavy atom. The first kappa shape index (κ1) is 18.0. The minimum absolute atomic E-state index is 0.0764. The van der Waals surface area contributed by atoms with Gasteiger partial charge >= 0.3 is 0 Å². The number of nitrogens with one attached hydrogen (secondary N) is 3. The smallest absolute Gasteiger partial charge is 0.286 e. The average Bonchev–Trinajstić information content (AvgIpc) is 3.25. The van der Waals surface area contributed by atoms with E-state index in [0.717, 1.165) is 4.47 Å². The van der Waals surface area contributed by atoms with Gasteiger partial charge in [-0.15, -0.1) is 0 Å². The lowest BCUT2D eigenvalue weighted by atomic mass is 10.1. The summed E-state index contributed by atoms with van der Waals surface area (Å²) < 4.78 is 5.89. The molecule has 1 aromatic carbocycles.